The maximum absolute atomic E-state index is 2.41. The van der Waals surface area contributed by atoms with Crippen molar-refractivity contribution in [2.75, 3.05) is 0 Å². The summed E-state index contributed by atoms with van der Waals surface area (Å²) in [5, 5.41) is 0. The summed E-state index contributed by atoms with van der Waals surface area (Å²) in [5.41, 5.74) is 4.75. The van der Waals surface area contributed by atoms with Crippen LogP contribution in [0.1, 0.15) is 51.3 Å². The zero-order valence-electron chi connectivity index (χ0n) is 12.1. The van der Waals surface area contributed by atoms with Gasteiger partial charge < -0.3 is 0 Å². The molecule has 1 heterocycles. The Morgan fingerprint density at radius 3 is 2.24 bits per heavy atom. The summed E-state index contributed by atoms with van der Waals surface area (Å²) in [6.45, 7) is 16.5. The van der Waals surface area contributed by atoms with E-state index in [1.807, 2.05) is 11.8 Å². The average molecular weight is 248 g/mol. The van der Waals surface area contributed by atoms with Crippen molar-refractivity contribution in [1.82, 2.24) is 0 Å². The standard InChI is InChI=1S/C16H24S/c1-10-8-9-13-14(11(10)2)15(4,5)12(3)16(6,7)17-13/h8-9,12H,1-7H3. The molecule has 2 rings (SSSR count). The monoisotopic (exact) mass is 248 g/mol. The van der Waals surface area contributed by atoms with Crippen LogP contribution in [-0.2, 0) is 5.41 Å². The minimum Gasteiger partial charge on any atom is -0.119 e. The number of rotatable bonds is 0. The van der Waals surface area contributed by atoms with Gasteiger partial charge in [0, 0.05) is 9.64 Å². The third-order valence-electron chi connectivity index (χ3n) is 4.84. The molecule has 0 aromatic heterocycles. The van der Waals surface area contributed by atoms with E-state index in [0.29, 0.717) is 10.7 Å². The van der Waals surface area contributed by atoms with Crippen LogP contribution < -0.4 is 0 Å². The summed E-state index contributed by atoms with van der Waals surface area (Å²) in [5.74, 6) is 0.674. The fourth-order valence-electron chi connectivity index (χ4n) is 3.13. The quantitative estimate of drug-likeness (QED) is 0.615. The van der Waals surface area contributed by atoms with Crippen molar-refractivity contribution in [3.05, 3.63) is 28.8 Å². The average Bonchev–Trinajstić information content (AvgIpc) is 2.20. The van der Waals surface area contributed by atoms with Gasteiger partial charge in [0.15, 0.2) is 0 Å². The summed E-state index contributed by atoms with van der Waals surface area (Å²) in [6.07, 6.45) is 0. The van der Waals surface area contributed by atoms with Crippen molar-refractivity contribution in [3.63, 3.8) is 0 Å². The van der Waals surface area contributed by atoms with E-state index in [1.165, 1.54) is 16.0 Å². The lowest BCUT2D eigenvalue weighted by Crippen LogP contribution is -2.43. The van der Waals surface area contributed by atoms with E-state index in [0.717, 1.165) is 0 Å². The first-order chi connectivity index (χ1) is 7.68. The Balaban J connectivity index is 2.71. The van der Waals surface area contributed by atoms with Gasteiger partial charge in [0.05, 0.1) is 0 Å². The Bertz CT molecular complexity index is 455. The van der Waals surface area contributed by atoms with Gasteiger partial charge in [-0.15, -0.1) is 11.8 Å². The zero-order valence-corrected chi connectivity index (χ0v) is 13.0. The maximum atomic E-state index is 2.41. The van der Waals surface area contributed by atoms with Gasteiger partial charge in [-0.25, -0.2) is 0 Å². The molecule has 1 aliphatic rings. The molecule has 1 aromatic carbocycles. The summed E-state index contributed by atoms with van der Waals surface area (Å²) >= 11 is 2.05. The largest absolute Gasteiger partial charge is 0.119 e. The predicted molar refractivity (Wildman–Crippen MR) is 78.0 cm³/mol. The topological polar surface area (TPSA) is 0 Å². The normalized spacial score (nSPS) is 25.5. The molecular formula is C16H24S. The van der Waals surface area contributed by atoms with Crippen LogP contribution in [0.5, 0.6) is 0 Å². The maximum Gasteiger partial charge on any atom is 0.0184 e. The van der Waals surface area contributed by atoms with Crippen LogP contribution in [-0.4, -0.2) is 4.75 Å². The van der Waals surface area contributed by atoms with E-state index in [9.17, 15) is 0 Å². The molecule has 94 valence electrons. The molecule has 0 N–H and O–H groups in total. The minimum atomic E-state index is 0.264. The number of hydrogen-bond donors (Lipinski definition) is 0. The molecule has 1 aliphatic heterocycles. The molecule has 0 saturated carbocycles. The number of fused-ring (bicyclic) bond motifs is 1. The van der Waals surface area contributed by atoms with Gasteiger partial charge in [-0.05, 0) is 47.9 Å². The molecule has 0 spiro atoms. The molecule has 0 nitrogen and oxygen atoms in total. The number of thioether (sulfide) groups is 1. The summed E-state index contributed by atoms with van der Waals surface area (Å²) in [6, 6.07) is 4.58. The third-order valence-corrected chi connectivity index (χ3v) is 6.28. The molecule has 1 heteroatoms. The molecule has 0 fully saturated rings. The first kappa shape index (κ1) is 13.0. The smallest absolute Gasteiger partial charge is 0.0184 e. The van der Waals surface area contributed by atoms with Crippen LogP contribution in [0, 0.1) is 19.8 Å². The predicted octanol–water partition coefficient (Wildman–Crippen LogP) is 5.10. The Kier molecular flexibility index (Phi) is 2.89. The number of aryl methyl sites for hydroxylation is 1. The molecule has 1 aromatic rings. The fraction of sp³-hybridized carbons (Fsp3) is 0.625. The first-order valence-corrected chi connectivity index (χ1v) is 7.29. The van der Waals surface area contributed by atoms with Crippen molar-refractivity contribution in [3.8, 4) is 0 Å². The molecule has 0 saturated heterocycles. The Morgan fingerprint density at radius 2 is 1.65 bits per heavy atom. The molecule has 1 unspecified atom stereocenters. The summed E-state index contributed by atoms with van der Waals surface area (Å²) < 4.78 is 0.318. The van der Waals surface area contributed by atoms with Crippen LogP contribution in [0.25, 0.3) is 0 Å². The van der Waals surface area contributed by atoms with Crippen molar-refractivity contribution in [2.45, 2.75) is 63.5 Å². The molecule has 0 aliphatic carbocycles. The lowest BCUT2D eigenvalue weighted by atomic mass is 9.67. The SMILES string of the molecule is Cc1ccc2c(c1C)C(C)(C)C(C)C(C)(C)S2. The highest BCUT2D eigenvalue weighted by Crippen LogP contribution is 2.55. The van der Waals surface area contributed by atoms with Crippen LogP contribution in [0.15, 0.2) is 17.0 Å². The van der Waals surface area contributed by atoms with Crippen molar-refractivity contribution in [1.29, 1.82) is 0 Å². The van der Waals surface area contributed by atoms with E-state index in [4.69, 9.17) is 0 Å². The van der Waals surface area contributed by atoms with Crippen molar-refractivity contribution in [2.24, 2.45) is 5.92 Å². The van der Waals surface area contributed by atoms with Gasteiger partial charge >= 0.3 is 0 Å². The zero-order chi connectivity index (χ0) is 13.0. The Morgan fingerprint density at radius 1 is 1.06 bits per heavy atom. The van der Waals surface area contributed by atoms with Gasteiger partial charge in [-0.1, -0.05) is 40.7 Å². The molecule has 17 heavy (non-hydrogen) atoms. The lowest BCUT2D eigenvalue weighted by Gasteiger charge is -2.49. The van der Waals surface area contributed by atoms with Crippen molar-refractivity contribution >= 4 is 11.8 Å². The van der Waals surface area contributed by atoms with E-state index < -0.39 is 0 Å². The highest BCUT2D eigenvalue weighted by molar-refractivity contribution is 8.00. The lowest BCUT2D eigenvalue weighted by molar-refractivity contribution is 0.275. The highest BCUT2D eigenvalue weighted by Gasteiger charge is 2.45. The molecule has 0 bridgehead atoms. The van der Waals surface area contributed by atoms with Gasteiger partial charge in [0.25, 0.3) is 0 Å². The summed E-state index contributed by atoms with van der Waals surface area (Å²) in [4.78, 5) is 1.49. The Hall–Kier alpha value is -0.430. The second kappa shape index (κ2) is 3.78. The van der Waals surface area contributed by atoms with Crippen LogP contribution >= 0.6 is 11.8 Å². The summed E-state index contributed by atoms with van der Waals surface area (Å²) in [7, 11) is 0. The van der Waals surface area contributed by atoms with Crippen LogP contribution in [0.3, 0.4) is 0 Å². The van der Waals surface area contributed by atoms with E-state index >= 15 is 0 Å². The van der Waals surface area contributed by atoms with Crippen LogP contribution in [0.2, 0.25) is 0 Å². The molecule has 1 atom stereocenters. The first-order valence-electron chi connectivity index (χ1n) is 6.47. The molecular weight excluding hydrogens is 224 g/mol. The number of benzene rings is 1. The van der Waals surface area contributed by atoms with Gasteiger partial charge in [-0.2, -0.15) is 0 Å². The molecule has 0 amide bonds. The van der Waals surface area contributed by atoms with Gasteiger partial charge in [0.2, 0.25) is 0 Å². The van der Waals surface area contributed by atoms with E-state index in [-0.39, 0.29) is 5.41 Å². The van der Waals surface area contributed by atoms with Crippen molar-refractivity contribution < 1.29 is 0 Å². The van der Waals surface area contributed by atoms with Gasteiger partial charge in [0.1, 0.15) is 0 Å². The van der Waals surface area contributed by atoms with E-state index in [1.54, 1.807) is 5.56 Å². The number of hydrogen-bond acceptors (Lipinski definition) is 1. The third kappa shape index (κ3) is 1.83. The van der Waals surface area contributed by atoms with Gasteiger partial charge in [-0.3, -0.25) is 0 Å². The minimum absolute atomic E-state index is 0.264. The second-order valence-electron chi connectivity index (χ2n) is 6.53. The molecule has 0 radical (unpaired) electrons. The second-order valence-corrected chi connectivity index (χ2v) is 8.23. The highest BCUT2D eigenvalue weighted by atomic mass is 32.2. The Labute approximate surface area is 110 Å². The fourth-order valence-corrected chi connectivity index (χ4v) is 4.83. The van der Waals surface area contributed by atoms with E-state index in [2.05, 4.69) is 60.6 Å². The van der Waals surface area contributed by atoms with Crippen LogP contribution in [0.4, 0.5) is 0 Å².